The maximum atomic E-state index is 15.7. The average Bonchev–Trinajstić information content (AvgIpc) is 3.62. The largest absolute Gasteiger partial charge is 0.304 e. The van der Waals surface area contributed by atoms with Gasteiger partial charge in [-0.15, -0.1) is 22.7 Å². The summed E-state index contributed by atoms with van der Waals surface area (Å²) in [6.07, 6.45) is 0. The fraction of sp³-hybridized carbons (Fsp3) is 0. The zero-order valence-corrected chi connectivity index (χ0v) is 22.6. The Kier molecular flexibility index (Phi) is 4.84. The molecule has 0 aliphatic carbocycles. The maximum Gasteiger partial charge on any atom is 0.226 e. The molecule has 0 N–H and O–H groups in total. The number of aromatic nitrogens is 2. The van der Waals surface area contributed by atoms with Gasteiger partial charge in [0.15, 0.2) is 0 Å². The van der Waals surface area contributed by atoms with Crippen molar-refractivity contribution >= 4 is 64.8 Å². The van der Waals surface area contributed by atoms with Gasteiger partial charge in [0.05, 0.1) is 20.6 Å². The summed E-state index contributed by atoms with van der Waals surface area (Å²) in [5.41, 5.74) is 6.12. The number of nitrogens with zero attached hydrogens (tertiary/aromatic N) is 2. The van der Waals surface area contributed by atoms with Crippen LogP contribution in [0.1, 0.15) is 0 Å². The predicted molar refractivity (Wildman–Crippen MR) is 162 cm³/mol. The van der Waals surface area contributed by atoms with Gasteiger partial charge in [-0.05, 0) is 18.2 Å². The number of hydrogen-bond acceptors (Lipinski definition) is 5. The van der Waals surface area contributed by atoms with E-state index in [1.165, 1.54) is 0 Å². The molecule has 0 unspecified atom stereocenters. The van der Waals surface area contributed by atoms with E-state index in [0.29, 0.717) is 5.57 Å². The first kappa shape index (κ1) is 22.1. The lowest BCUT2D eigenvalue weighted by Crippen LogP contribution is -2.25. The fourth-order valence-corrected chi connectivity index (χ4v) is 12.2. The van der Waals surface area contributed by atoms with Crippen LogP contribution in [0.5, 0.6) is 0 Å². The second kappa shape index (κ2) is 8.31. The molecule has 0 bridgehead atoms. The molecule has 38 heavy (non-hydrogen) atoms. The zero-order valence-electron chi connectivity index (χ0n) is 20.0. The van der Waals surface area contributed by atoms with Crippen LogP contribution >= 0.6 is 29.8 Å². The predicted octanol–water partition coefficient (Wildman–Crippen LogP) is 7.86. The molecule has 0 amide bonds. The maximum absolute atomic E-state index is 15.7. The van der Waals surface area contributed by atoms with Crippen molar-refractivity contribution in [1.29, 1.82) is 0 Å². The topological polar surface area (TPSA) is 42.9 Å². The Balaban J connectivity index is 1.49. The summed E-state index contributed by atoms with van der Waals surface area (Å²) in [6.45, 7) is 0. The molecule has 1 aliphatic rings. The molecule has 6 heteroatoms. The van der Waals surface area contributed by atoms with E-state index < -0.39 is 7.14 Å². The Morgan fingerprint density at radius 1 is 0.526 bits per heavy atom. The van der Waals surface area contributed by atoms with Crippen LogP contribution in [0.4, 0.5) is 0 Å². The second-order valence-corrected chi connectivity index (χ2v) is 14.6. The minimum Gasteiger partial charge on any atom is -0.304 e. The van der Waals surface area contributed by atoms with E-state index in [-0.39, 0.29) is 0 Å². The first-order valence-corrected chi connectivity index (χ1v) is 15.7. The minimum atomic E-state index is -3.33. The lowest BCUT2D eigenvalue weighted by molar-refractivity contribution is 0.592. The van der Waals surface area contributed by atoms with E-state index in [9.17, 15) is 0 Å². The third-order valence-corrected chi connectivity index (χ3v) is 13.5. The summed E-state index contributed by atoms with van der Waals surface area (Å²) < 4.78 is 19.7. The molecule has 0 spiro atoms. The molecule has 7 aromatic rings. The number of thiophene rings is 2. The summed E-state index contributed by atoms with van der Waals surface area (Å²) in [6, 6.07) is 38.9. The Labute approximate surface area is 227 Å². The third kappa shape index (κ3) is 3.10. The lowest BCUT2D eigenvalue weighted by atomic mass is 10.0. The van der Waals surface area contributed by atoms with Gasteiger partial charge in [-0.1, -0.05) is 97.1 Å². The van der Waals surface area contributed by atoms with Gasteiger partial charge in [-0.3, -0.25) is 0 Å². The first-order chi connectivity index (χ1) is 18.7. The molecule has 0 radical (unpaired) electrons. The SMILES string of the molecule is O=P1(c2nc(-c3ccccc3)cc(-c3ccccc3)n2)c2sc3ccccc3c2-c2c1sc1ccccc21. The summed E-state index contributed by atoms with van der Waals surface area (Å²) in [5.74, 6) is 0. The normalized spacial score (nSPS) is 13.6. The molecule has 0 fully saturated rings. The average molecular weight is 543 g/mol. The summed E-state index contributed by atoms with van der Waals surface area (Å²) in [5, 5.41) is 2.30. The van der Waals surface area contributed by atoms with E-state index in [1.54, 1.807) is 22.7 Å². The number of benzene rings is 4. The van der Waals surface area contributed by atoms with Gasteiger partial charge in [-0.25, -0.2) is 9.97 Å². The van der Waals surface area contributed by atoms with Crippen LogP contribution in [-0.2, 0) is 4.57 Å². The molecular formula is C32H19N2OPS2. The molecule has 4 heterocycles. The van der Waals surface area contributed by atoms with Crippen molar-refractivity contribution in [2.24, 2.45) is 0 Å². The molecule has 4 aromatic carbocycles. The van der Waals surface area contributed by atoms with Crippen molar-refractivity contribution in [2.75, 3.05) is 0 Å². The van der Waals surface area contributed by atoms with Crippen molar-refractivity contribution in [1.82, 2.24) is 9.97 Å². The number of fused-ring (bicyclic) bond motifs is 7. The van der Waals surface area contributed by atoms with Crippen LogP contribution in [0.25, 0.3) is 53.8 Å². The first-order valence-electron chi connectivity index (χ1n) is 12.4. The van der Waals surface area contributed by atoms with Gasteiger partial charge in [0.1, 0.15) is 0 Å². The highest BCUT2D eigenvalue weighted by Crippen LogP contribution is 2.59. The van der Waals surface area contributed by atoms with E-state index in [4.69, 9.17) is 9.97 Å². The monoisotopic (exact) mass is 542 g/mol. The lowest BCUT2D eigenvalue weighted by Gasteiger charge is -2.14. The quantitative estimate of drug-likeness (QED) is 0.214. The van der Waals surface area contributed by atoms with E-state index in [0.717, 1.165) is 63.1 Å². The summed E-state index contributed by atoms with van der Waals surface area (Å²) >= 11 is 3.25. The van der Waals surface area contributed by atoms with E-state index >= 15 is 4.57 Å². The van der Waals surface area contributed by atoms with Crippen molar-refractivity contribution in [3.63, 3.8) is 0 Å². The fourth-order valence-electron chi connectivity index (χ4n) is 5.35. The van der Waals surface area contributed by atoms with Gasteiger partial charge in [0.2, 0.25) is 12.7 Å². The third-order valence-electron chi connectivity index (χ3n) is 7.11. The van der Waals surface area contributed by atoms with E-state index in [1.807, 2.05) is 78.9 Å². The molecule has 180 valence electrons. The Morgan fingerprint density at radius 2 is 0.947 bits per heavy atom. The number of rotatable bonds is 3. The molecule has 0 atom stereocenters. The molecule has 0 saturated heterocycles. The van der Waals surface area contributed by atoms with Crippen LogP contribution in [0.15, 0.2) is 115 Å². The summed E-state index contributed by atoms with van der Waals surface area (Å²) in [7, 11) is -3.33. The zero-order chi connectivity index (χ0) is 25.3. The van der Waals surface area contributed by atoms with Gasteiger partial charge >= 0.3 is 0 Å². The van der Waals surface area contributed by atoms with Crippen molar-refractivity contribution in [3.05, 3.63) is 115 Å². The molecule has 3 nitrogen and oxygen atoms in total. The second-order valence-electron chi connectivity index (χ2n) is 9.34. The Bertz CT molecular complexity index is 1920. The smallest absolute Gasteiger partial charge is 0.226 e. The van der Waals surface area contributed by atoms with Crippen LogP contribution in [0.2, 0.25) is 0 Å². The van der Waals surface area contributed by atoms with Crippen LogP contribution in [-0.4, -0.2) is 9.97 Å². The van der Waals surface area contributed by atoms with Crippen LogP contribution < -0.4 is 14.8 Å². The molecule has 0 saturated carbocycles. The van der Waals surface area contributed by atoms with Crippen molar-refractivity contribution in [2.45, 2.75) is 0 Å². The van der Waals surface area contributed by atoms with Crippen molar-refractivity contribution in [3.8, 4) is 33.6 Å². The highest BCUT2D eigenvalue weighted by Gasteiger charge is 2.48. The van der Waals surface area contributed by atoms with Gasteiger partial charge in [-0.2, -0.15) is 0 Å². The highest BCUT2D eigenvalue weighted by atomic mass is 32.1. The van der Waals surface area contributed by atoms with E-state index in [2.05, 4.69) is 36.4 Å². The Morgan fingerprint density at radius 3 is 1.42 bits per heavy atom. The standard InChI is InChI=1S/C32H19N2OPS2/c35-36(32-33-24(20-11-3-1-4-12-20)19-25(34-32)21-13-5-2-6-14-21)30-28(22-15-7-9-17-26(22)37-30)29-23-16-8-10-18-27(23)38-31(29)36/h1-19H. The molecule has 1 aliphatic heterocycles. The summed E-state index contributed by atoms with van der Waals surface area (Å²) in [4.78, 5) is 10.1. The van der Waals surface area contributed by atoms with Gasteiger partial charge in [0.25, 0.3) is 0 Å². The Hall–Kier alpha value is -3.89. The molecular weight excluding hydrogens is 523 g/mol. The van der Waals surface area contributed by atoms with Gasteiger partial charge < -0.3 is 4.57 Å². The minimum absolute atomic E-state index is 0.413. The van der Waals surface area contributed by atoms with Gasteiger partial charge in [0, 0.05) is 42.4 Å². The van der Waals surface area contributed by atoms with Crippen LogP contribution in [0.3, 0.4) is 0 Å². The molecule has 8 rings (SSSR count). The molecule has 3 aromatic heterocycles. The number of hydrogen-bond donors (Lipinski definition) is 0. The van der Waals surface area contributed by atoms with Crippen LogP contribution in [0, 0.1) is 0 Å². The van der Waals surface area contributed by atoms with Crippen molar-refractivity contribution < 1.29 is 4.57 Å². The highest BCUT2D eigenvalue weighted by molar-refractivity contribution is 7.94.